The van der Waals surface area contributed by atoms with Crippen LogP contribution in [-0.4, -0.2) is 56.2 Å². The van der Waals surface area contributed by atoms with Crippen molar-refractivity contribution >= 4 is 11.9 Å². The molecule has 232 valence electrons. The van der Waals surface area contributed by atoms with Crippen LogP contribution in [0.15, 0.2) is 0 Å². The number of carbonyl (C=O) groups is 2. The molecule has 0 radical (unpaired) electrons. The predicted molar refractivity (Wildman–Crippen MR) is 160 cm³/mol. The maximum atomic E-state index is 12.0. The van der Waals surface area contributed by atoms with Crippen molar-refractivity contribution in [3.05, 3.63) is 0 Å². The van der Waals surface area contributed by atoms with Gasteiger partial charge in [0.05, 0.1) is 13.2 Å². The zero-order chi connectivity index (χ0) is 28.7. The third-order valence-corrected chi connectivity index (χ3v) is 7.05. The van der Waals surface area contributed by atoms with E-state index in [1.54, 1.807) is 6.92 Å². The fourth-order valence-electron chi connectivity index (χ4n) is 4.61. The minimum Gasteiger partial charge on any atom is -0.457 e. The van der Waals surface area contributed by atoms with Gasteiger partial charge in [0.1, 0.15) is 12.9 Å². The number of hydrogen-bond donors (Lipinski definition) is 2. The van der Waals surface area contributed by atoms with E-state index in [-0.39, 0.29) is 31.9 Å². The Bertz CT molecular complexity index is 531. The van der Waals surface area contributed by atoms with Gasteiger partial charge in [-0.15, -0.1) is 0 Å². The van der Waals surface area contributed by atoms with Crippen LogP contribution >= 0.6 is 0 Å². The van der Waals surface area contributed by atoms with Gasteiger partial charge in [0.2, 0.25) is 5.91 Å². The Morgan fingerprint density at radius 1 is 0.667 bits per heavy atom. The van der Waals surface area contributed by atoms with E-state index in [9.17, 15) is 14.7 Å². The van der Waals surface area contributed by atoms with Crippen LogP contribution in [0.1, 0.15) is 155 Å². The Balaban J connectivity index is 3.38. The topological polar surface area (TPSA) is 94.1 Å². The molecule has 2 N–H and O–H groups in total. The van der Waals surface area contributed by atoms with E-state index in [4.69, 9.17) is 14.2 Å². The molecule has 0 spiro atoms. The lowest BCUT2D eigenvalue weighted by Gasteiger charge is -2.16. The van der Waals surface area contributed by atoms with Gasteiger partial charge in [-0.3, -0.25) is 9.59 Å². The van der Waals surface area contributed by atoms with E-state index >= 15 is 0 Å². The summed E-state index contributed by atoms with van der Waals surface area (Å²) in [6.45, 7) is 5.38. The van der Waals surface area contributed by atoms with Gasteiger partial charge in [-0.1, -0.05) is 122 Å². The van der Waals surface area contributed by atoms with Crippen LogP contribution < -0.4 is 5.32 Å². The average Bonchev–Trinajstić information content (AvgIpc) is 2.92. The zero-order valence-electron chi connectivity index (χ0n) is 25.7. The number of aliphatic hydroxyl groups is 1. The van der Waals surface area contributed by atoms with Gasteiger partial charge in [-0.25, -0.2) is 0 Å². The van der Waals surface area contributed by atoms with Gasteiger partial charge in [0.15, 0.2) is 0 Å². The summed E-state index contributed by atoms with van der Waals surface area (Å²) >= 11 is 0. The highest BCUT2D eigenvalue weighted by Gasteiger charge is 2.13. The van der Waals surface area contributed by atoms with Crippen LogP contribution in [0.2, 0.25) is 0 Å². The van der Waals surface area contributed by atoms with Crippen LogP contribution in [-0.2, 0) is 23.8 Å². The van der Waals surface area contributed by atoms with Crippen molar-refractivity contribution in [2.75, 3.05) is 33.2 Å². The first kappa shape index (κ1) is 37.8. The second-order valence-corrected chi connectivity index (χ2v) is 11.0. The van der Waals surface area contributed by atoms with Crippen LogP contribution in [0.5, 0.6) is 0 Å². The van der Waals surface area contributed by atoms with Gasteiger partial charge >= 0.3 is 5.97 Å². The third kappa shape index (κ3) is 31.2. The smallest absolute Gasteiger partial charge is 0.306 e. The highest BCUT2D eigenvalue weighted by Crippen LogP contribution is 2.13. The van der Waals surface area contributed by atoms with Crippen molar-refractivity contribution in [2.24, 2.45) is 0 Å². The van der Waals surface area contributed by atoms with E-state index in [0.717, 1.165) is 32.2 Å². The molecule has 1 amide bonds. The van der Waals surface area contributed by atoms with Gasteiger partial charge in [0, 0.05) is 26.5 Å². The van der Waals surface area contributed by atoms with E-state index in [1.165, 1.54) is 109 Å². The SMILES string of the molecule is CCCCCCCCCCCCC(=O)O[C@H](CO)COCOCCCCCCCCCCCCCNC(C)=O. The summed E-state index contributed by atoms with van der Waals surface area (Å²) in [5, 5.41) is 12.3. The van der Waals surface area contributed by atoms with E-state index in [2.05, 4.69) is 12.2 Å². The molecule has 0 unspecified atom stereocenters. The number of rotatable bonds is 31. The van der Waals surface area contributed by atoms with Crippen molar-refractivity contribution < 1.29 is 28.9 Å². The molecule has 7 nitrogen and oxygen atoms in total. The minimum absolute atomic E-state index is 0.0651. The Morgan fingerprint density at radius 2 is 1.15 bits per heavy atom. The summed E-state index contributed by atoms with van der Waals surface area (Å²) in [6, 6.07) is 0. The monoisotopic (exact) mass is 557 g/mol. The lowest BCUT2D eigenvalue weighted by atomic mass is 10.1. The molecule has 1 atom stereocenters. The molecule has 0 heterocycles. The summed E-state index contributed by atoms with van der Waals surface area (Å²) in [7, 11) is 0. The minimum atomic E-state index is -0.618. The summed E-state index contributed by atoms with van der Waals surface area (Å²) in [5.74, 6) is -0.188. The van der Waals surface area contributed by atoms with Crippen LogP contribution in [0.3, 0.4) is 0 Å². The Hall–Kier alpha value is -1.18. The molecule has 0 saturated heterocycles. The second-order valence-electron chi connectivity index (χ2n) is 11.0. The molecule has 0 bridgehead atoms. The maximum absolute atomic E-state index is 12.0. The highest BCUT2D eigenvalue weighted by molar-refractivity contribution is 5.72. The standard InChI is InChI=1S/C32H63NO6/c1-3-4-5-6-7-8-12-15-18-21-24-32(36)39-31(27-34)28-38-29-37-26-23-20-17-14-11-9-10-13-16-19-22-25-33-30(2)35/h31,34H,3-29H2,1-2H3,(H,33,35)/t31-/m1/s1. The van der Waals surface area contributed by atoms with Crippen LogP contribution in [0.4, 0.5) is 0 Å². The molecule has 0 fully saturated rings. The van der Waals surface area contributed by atoms with E-state index in [1.807, 2.05) is 0 Å². The molecule has 39 heavy (non-hydrogen) atoms. The van der Waals surface area contributed by atoms with Crippen molar-refractivity contribution in [3.8, 4) is 0 Å². The fraction of sp³-hybridized carbons (Fsp3) is 0.938. The number of ether oxygens (including phenoxy) is 3. The van der Waals surface area contributed by atoms with Gasteiger partial charge in [-0.05, 0) is 19.3 Å². The number of esters is 1. The molecule has 0 aliphatic rings. The number of aliphatic hydroxyl groups excluding tert-OH is 1. The molecular formula is C32H63NO6. The first-order valence-electron chi connectivity index (χ1n) is 16.3. The molecular weight excluding hydrogens is 494 g/mol. The largest absolute Gasteiger partial charge is 0.457 e. The summed E-state index contributed by atoms with van der Waals surface area (Å²) < 4.78 is 16.3. The Morgan fingerprint density at radius 3 is 1.67 bits per heavy atom. The lowest BCUT2D eigenvalue weighted by Crippen LogP contribution is -2.27. The summed E-state index contributed by atoms with van der Waals surface area (Å²) in [6.07, 6.45) is 25.6. The summed E-state index contributed by atoms with van der Waals surface area (Å²) in [5.41, 5.74) is 0. The van der Waals surface area contributed by atoms with Crippen molar-refractivity contribution in [1.82, 2.24) is 5.32 Å². The number of carbonyl (C=O) groups excluding carboxylic acids is 2. The molecule has 0 aliphatic heterocycles. The van der Waals surface area contributed by atoms with Crippen molar-refractivity contribution in [1.29, 1.82) is 0 Å². The molecule has 7 heteroatoms. The highest BCUT2D eigenvalue weighted by atomic mass is 16.7. The number of hydrogen-bond acceptors (Lipinski definition) is 6. The van der Waals surface area contributed by atoms with Gasteiger partial charge in [0.25, 0.3) is 0 Å². The molecule has 0 aliphatic carbocycles. The number of unbranched alkanes of at least 4 members (excludes halogenated alkanes) is 19. The second kappa shape index (κ2) is 31.3. The Labute approximate surface area is 240 Å². The van der Waals surface area contributed by atoms with Crippen molar-refractivity contribution in [2.45, 2.75) is 161 Å². The summed E-state index contributed by atoms with van der Waals surface area (Å²) in [4.78, 5) is 22.8. The molecule has 0 aromatic heterocycles. The molecule has 0 rings (SSSR count). The maximum Gasteiger partial charge on any atom is 0.306 e. The number of nitrogens with one attached hydrogen (secondary N) is 1. The van der Waals surface area contributed by atoms with E-state index < -0.39 is 6.10 Å². The molecule has 0 saturated carbocycles. The first-order valence-corrected chi connectivity index (χ1v) is 16.3. The normalized spacial score (nSPS) is 12.0. The fourth-order valence-corrected chi connectivity index (χ4v) is 4.61. The zero-order valence-corrected chi connectivity index (χ0v) is 25.7. The van der Waals surface area contributed by atoms with Crippen molar-refractivity contribution in [3.63, 3.8) is 0 Å². The third-order valence-electron chi connectivity index (χ3n) is 7.05. The van der Waals surface area contributed by atoms with Crippen LogP contribution in [0.25, 0.3) is 0 Å². The van der Waals surface area contributed by atoms with Gasteiger partial charge < -0.3 is 24.6 Å². The quantitative estimate of drug-likeness (QED) is 0.0517. The Kier molecular flexibility index (Phi) is 30.4. The molecule has 0 aromatic carbocycles. The lowest BCUT2D eigenvalue weighted by molar-refractivity contribution is -0.159. The van der Waals surface area contributed by atoms with Crippen LogP contribution in [0, 0.1) is 0 Å². The molecule has 0 aromatic rings. The number of amides is 1. The predicted octanol–water partition coefficient (Wildman–Crippen LogP) is 7.62. The average molecular weight is 558 g/mol. The van der Waals surface area contributed by atoms with E-state index in [0.29, 0.717) is 13.0 Å². The first-order chi connectivity index (χ1) is 19.1. The van der Waals surface area contributed by atoms with Gasteiger partial charge in [-0.2, -0.15) is 0 Å².